The lowest BCUT2D eigenvalue weighted by Crippen LogP contribution is -2.58. The van der Waals surface area contributed by atoms with Gasteiger partial charge in [0.15, 0.2) is 5.54 Å². The summed E-state index contributed by atoms with van der Waals surface area (Å²) in [6.07, 6.45) is 0.825. The summed E-state index contributed by atoms with van der Waals surface area (Å²) in [6.45, 7) is 3.19. The summed E-state index contributed by atoms with van der Waals surface area (Å²) < 4.78 is 7.32. The first kappa shape index (κ1) is 13.2. The van der Waals surface area contributed by atoms with E-state index in [9.17, 15) is 4.79 Å². The van der Waals surface area contributed by atoms with Gasteiger partial charge in [-0.3, -0.25) is 0 Å². The zero-order valence-electron chi connectivity index (χ0n) is 9.56. The minimum atomic E-state index is -0.580. The summed E-state index contributed by atoms with van der Waals surface area (Å²) in [6, 6.07) is 9.88. The number of carbonyl (C=O) groups is 1. The van der Waals surface area contributed by atoms with E-state index >= 15 is 0 Å². The monoisotopic (exact) mass is 363 g/mol. The molecule has 1 atom stereocenters. The molecule has 17 heavy (non-hydrogen) atoms. The average Bonchev–Trinajstić information content (AvgIpc) is 2.31. The summed E-state index contributed by atoms with van der Waals surface area (Å²) >= 11 is 2.21. The second kappa shape index (κ2) is 5.58. The van der Waals surface area contributed by atoms with E-state index in [-0.39, 0.29) is 5.97 Å². The first-order valence-electron chi connectivity index (χ1n) is 5.54. The van der Waals surface area contributed by atoms with E-state index < -0.39 is 5.54 Å². The molecular formula is C12H14INO2S. The molecule has 1 aromatic rings. The molecule has 2 rings (SSSR count). The maximum atomic E-state index is 12.2. The molecule has 1 aromatic carbocycles. The van der Waals surface area contributed by atoms with Gasteiger partial charge >= 0.3 is 5.97 Å². The third-order valence-corrected chi connectivity index (χ3v) is 5.14. The summed E-state index contributed by atoms with van der Waals surface area (Å²) in [5.41, 5.74) is 0.442. The Balaban J connectivity index is 2.35. The fourth-order valence-corrected chi connectivity index (χ4v) is 4.24. The lowest BCUT2D eigenvalue weighted by atomic mass is 9.80. The predicted molar refractivity (Wildman–Crippen MR) is 77.7 cm³/mol. The Morgan fingerprint density at radius 2 is 2.24 bits per heavy atom. The van der Waals surface area contributed by atoms with E-state index in [1.807, 2.05) is 37.3 Å². The van der Waals surface area contributed by atoms with Crippen LogP contribution in [-0.4, -0.2) is 23.4 Å². The average molecular weight is 363 g/mol. The van der Waals surface area contributed by atoms with E-state index in [2.05, 4.69) is 25.5 Å². The third-order valence-electron chi connectivity index (χ3n) is 3.05. The van der Waals surface area contributed by atoms with Crippen LogP contribution in [0.15, 0.2) is 30.3 Å². The molecule has 3 nitrogen and oxygen atoms in total. The van der Waals surface area contributed by atoms with E-state index in [0.717, 1.165) is 18.5 Å². The summed E-state index contributed by atoms with van der Waals surface area (Å²) in [7, 11) is 1.57. The number of halogens is 1. The third kappa shape index (κ3) is 2.20. The summed E-state index contributed by atoms with van der Waals surface area (Å²) in [5.74, 6) is -0.137. The lowest BCUT2D eigenvalue weighted by Gasteiger charge is -2.48. The smallest absolute Gasteiger partial charge is 0.332 e. The summed E-state index contributed by atoms with van der Waals surface area (Å²) in [5, 5.41) is 0. The van der Waals surface area contributed by atoms with Crippen molar-refractivity contribution in [2.24, 2.45) is 0 Å². The number of benzene rings is 1. The molecule has 1 fully saturated rings. The van der Waals surface area contributed by atoms with Gasteiger partial charge in [0.05, 0.1) is 6.61 Å². The Kier molecular flexibility index (Phi) is 4.32. The second-order valence-electron chi connectivity index (χ2n) is 3.87. The van der Waals surface area contributed by atoms with Crippen LogP contribution in [0, 0.1) is 0 Å². The Labute approximate surface area is 118 Å². The molecule has 0 bridgehead atoms. The molecule has 0 aromatic heterocycles. The second-order valence-corrected chi connectivity index (χ2v) is 5.63. The molecule has 1 aliphatic heterocycles. The maximum absolute atomic E-state index is 12.2. The van der Waals surface area contributed by atoms with E-state index in [0.29, 0.717) is 6.61 Å². The van der Waals surface area contributed by atoms with Crippen LogP contribution in [-0.2, 0) is 15.1 Å². The van der Waals surface area contributed by atoms with Gasteiger partial charge in [-0.1, -0.05) is 30.3 Å². The molecule has 1 heterocycles. The van der Waals surface area contributed by atoms with Crippen molar-refractivity contribution in [3.63, 3.8) is 0 Å². The number of hydrogen-bond donors (Lipinski definition) is 0. The highest BCUT2D eigenvalue weighted by molar-refractivity contribution is 14.2. The number of ether oxygens (including phenoxy) is 1. The number of rotatable bonds is 4. The van der Waals surface area contributed by atoms with Crippen LogP contribution in [0.2, 0.25) is 0 Å². The van der Waals surface area contributed by atoms with Crippen molar-refractivity contribution in [3.05, 3.63) is 35.9 Å². The molecular weight excluding hydrogens is 349 g/mol. The van der Waals surface area contributed by atoms with Gasteiger partial charge in [0, 0.05) is 27.8 Å². The van der Waals surface area contributed by atoms with E-state index in [4.69, 9.17) is 4.74 Å². The molecule has 0 spiro atoms. The van der Waals surface area contributed by atoms with Crippen molar-refractivity contribution >= 4 is 36.3 Å². The van der Waals surface area contributed by atoms with Crippen LogP contribution in [0.5, 0.6) is 0 Å². The van der Waals surface area contributed by atoms with Gasteiger partial charge in [-0.15, -0.1) is 0 Å². The fraction of sp³-hybridized carbons (Fsp3) is 0.417. The van der Waals surface area contributed by atoms with Crippen LogP contribution in [0.25, 0.3) is 0 Å². The van der Waals surface area contributed by atoms with Gasteiger partial charge in [-0.05, 0) is 28.0 Å². The zero-order chi connectivity index (χ0) is 12.3. The molecule has 0 saturated carbocycles. The molecule has 1 unspecified atom stereocenters. The number of nitrogens with zero attached hydrogens (tertiary/aromatic N) is 1. The van der Waals surface area contributed by atoms with Gasteiger partial charge in [-0.25, -0.2) is 9.10 Å². The van der Waals surface area contributed by atoms with Crippen molar-refractivity contribution in [2.45, 2.75) is 18.9 Å². The minimum absolute atomic E-state index is 0.137. The highest BCUT2D eigenvalue weighted by Crippen LogP contribution is 2.47. The molecule has 0 radical (unpaired) electrons. The molecule has 0 N–H and O–H groups in total. The first-order valence-corrected chi connectivity index (χ1v) is 8.86. The van der Waals surface area contributed by atoms with Crippen LogP contribution >= 0.6 is 30.3 Å². The van der Waals surface area contributed by atoms with Crippen molar-refractivity contribution < 1.29 is 9.53 Å². The normalized spacial score (nSPS) is 24.1. The lowest BCUT2D eigenvalue weighted by molar-refractivity contribution is -0.161. The Morgan fingerprint density at radius 1 is 1.53 bits per heavy atom. The van der Waals surface area contributed by atoms with Crippen LogP contribution < -0.4 is 0 Å². The van der Waals surface area contributed by atoms with Gasteiger partial charge in [0.2, 0.25) is 0 Å². The zero-order valence-corrected chi connectivity index (χ0v) is 12.5. The standard InChI is InChI=1S/C12H14INO2S/c1-2-16-11(15)12(8-9-14(12)17-13)10-6-4-3-5-7-10/h3-7H,2,8-9H2,1H3. The van der Waals surface area contributed by atoms with Crippen LogP contribution in [0.4, 0.5) is 0 Å². The fourth-order valence-electron chi connectivity index (χ4n) is 2.09. The topological polar surface area (TPSA) is 29.5 Å². The van der Waals surface area contributed by atoms with E-state index in [1.165, 1.54) is 0 Å². The van der Waals surface area contributed by atoms with Gasteiger partial charge in [0.1, 0.15) is 0 Å². The highest BCUT2D eigenvalue weighted by Gasteiger charge is 2.54. The van der Waals surface area contributed by atoms with E-state index in [1.54, 1.807) is 9.12 Å². The number of carbonyl (C=O) groups excluding carboxylic acids is 1. The number of esters is 1. The minimum Gasteiger partial charge on any atom is -0.464 e. The van der Waals surface area contributed by atoms with Crippen molar-refractivity contribution in [3.8, 4) is 0 Å². The van der Waals surface area contributed by atoms with Crippen molar-refractivity contribution in [2.75, 3.05) is 13.2 Å². The predicted octanol–water partition coefficient (Wildman–Crippen LogP) is 3.15. The van der Waals surface area contributed by atoms with Gasteiger partial charge in [-0.2, -0.15) is 0 Å². The molecule has 1 saturated heterocycles. The van der Waals surface area contributed by atoms with Gasteiger partial charge in [0.25, 0.3) is 0 Å². The SMILES string of the molecule is CCOC(=O)C1(c2ccccc2)CCN1SI. The van der Waals surface area contributed by atoms with Crippen LogP contribution in [0.3, 0.4) is 0 Å². The molecule has 0 amide bonds. The van der Waals surface area contributed by atoms with Gasteiger partial charge < -0.3 is 4.74 Å². The quantitative estimate of drug-likeness (QED) is 0.467. The molecule has 5 heteroatoms. The maximum Gasteiger partial charge on any atom is 0.332 e. The first-order chi connectivity index (χ1) is 8.25. The number of hydrogen-bond acceptors (Lipinski definition) is 4. The molecule has 0 aliphatic carbocycles. The summed E-state index contributed by atoms with van der Waals surface area (Å²) in [4.78, 5) is 12.2. The Bertz CT molecular complexity index is 399. The van der Waals surface area contributed by atoms with Crippen LogP contribution in [0.1, 0.15) is 18.9 Å². The molecule has 92 valence electrons. The highest BCUT2D eigenvalue weighted by atomic mass is 127. The Hall–Kier alpha value is -0.270. The van der Waals surface area contributed by atoms with Crippen molar-refractivity contribution in [1.29, 1.82) is 0 Å². The Morgan fingerprint density at radius 3 is 2.71 bits per heavy atom. The largest absolute Gasteiger partial charge is 0.464 e. The molecule has 1 aliphatic rings. The van der Waals surface area contributed by atoms with Crippen molar-refractivity contribution in [1.82, 2.24) is 4.31 Å².